The maximum absolute atomic E-state index is 11.9. The highest BCUT2D eigenvalue weighted by Gasteiger charge is 2.31. The third kappa shape index (κ3) is 3.21. The fraction of sp³-hybridized carbons (Fsp3) is 0.923. The number of carbonyl (C=O) groups is 1. The van der Waals surface area contributed by atoms with Crippen LogP contribution in [-0.4, -0.2) is 29.9 Å². The van der Waals surface area contributed by atoms with E-state index >= 15 is 0 Å². The Morgan fingerprint density at radius 1 is 1.38 bits per heavy atom. The molecule has 94 valence electrons. The van der Waals surface area contributed by atoms with Gasteiger partial charge in [-0.2, -0.15) is 0 Å². The summed E-state index contributed by atoms with van der Waals surface area (Å²) >= 11 is 0. The van der Waals surface area contributed by atoms with E-state index in [-0.39, 0.29) is 11.9 Å². The van der Waals surface area contributed by atoms with Crippen LogP contribution < -0.4 is 5.73 Å². The summed E-state index contributed by atoms with van der Waals surface area (Å²) in [5.41, 5.74) is 6.14. The third-order valence-corrected chi connectivity index (χ3v) is 3.79. The van der Waals surface area contributed by atoms with Gasteiger partial charge in [0.15, 0.2) is 0 Å². The van der Waals surface area contributed by atoms with E-state index in [0.717, 1.165) is 38.3 Å². The van der Waals surface area contributed by atoms with Crippen LogP contribution in [0, 0.1) is 11.3 Å². The Hall–Kier alpha value is -0.570. The minimum absolute atomic E-state index is 0.134. The van der Waals surface area contributed by atoms with Crippen molar-refractivity contribution in [1.29, 1.82) is 0 Å². The topological polar surface area (TPSA) is 46.3 Å². The molecule has 0 spiro atoms. The zero-order chi connectivity index (χ0) is 12.3. The van der Waals surface area contributed by atoms with Crippen LogP contribution in [-0.2, 0) is 4.79 Å². The quantitative estimate of drug-likeness (QED) is 0.783. The monoisotopic (exact) mass is 226 g/mol. The van der Waals surface area contributed by atoms with E-state index in [1.807, 2.05) is 11.8 Å². The minimum atomic E-state index is -0.300. The molecule has 0 radical (unpaired) electrons. The molecule has 1 aliphatic rings. The van der Waals surface area contributed by atoms with E-state index in [4.69, 9.17) is 5.73 Å². The summed E-state index contributed by atoms with van der Waals surface area (Å²) in [5.74, 6) is 0.865. The van der Waals surface area contributed by atoms with Gasteiger partial charge >= 0.3 is 0 Å². The summed E-state index contributed by atoms with van der Waals surface area (Å²) in [6.07, 6.45) is 2.97. The van der Waals surface area contributed by atoms with Crippen LogP contribution in [0.4, 0.5) is 0 Å². The number of likely N-dealkylation sites (tertiary alicyclic amines) is 1. The number of piperidine rings is 1. The van der Waals surface area contributed by atoms with Gasteiger partial charge in [-0.1, -0.05) is 27.7 Å². The first-order chi connectivity index (χ1) is 7.36. The Balaban J connectivity index is 2.46. The highest BCUT2D eigenvalue weighted by atomic mass is 16.2. The molecule has 3 heteroatoms. The van der Waals surface area contributed by atoms with E-state index in [2.05, 4.69) is 20.8 Å². The van der Waals surface area contributed by atoms with Crippen LogP contribution in [0.25, 0.3) is 0 Å². The molecule has 0 aromatic heterocycles. The van der Waals surface area contributed by atoms with Crippen molar-refractivity contribution in [3.8, 4) is 0 Å². The lowest BCUT2D eigenvalue weighted by molar-refractivity contribution is -0.134. The highest BCUT2D eigenvalue weighted by molar-refractivity contribution is 5.81. The zero-order valence-corrected chi connectivity index (χ0v) is 11.1. The second kappa shape index (κ2) is 5.17. The number of nitrogens with zero attached hydrogens (tertiary/aromatic N) is 1. The molecule has 1 saturated heterocycles. The van der Waals surface area contributed by atoms with Crippen molar-refractivity contribution in [2.24, 2.45) is 17.1 Å². The first kappa shape index (κ1) is 13.5. The van der Waals surface area contributed by atoms with Crippen molar-refractivity contribution in [1.82, 2.24) is 4.90 Å². The average Bonchev–Trinajstić information content (AvgIpc) is 2.26. The van der Waals surface area contributed by atoms with Crippen LogP contribution in [0.2, 0.25) is 0 Å². The van der Waals surface area contributed by atoms with Crippen molar-refractivity contribution in [2.45, 2.75) is 53.0 Å². The van der Waals surface area contributed by atoms with Gasteiger partial charge in [-0.25, -0.2) is 0 Å². The molecule has 1 rings (SSSR count). The number of nitrogens with two attached hydrogens (primary N) is 1. The summed E-state index contributed by atoms with van der Waals surface area (Å²) in [4.78, 5) is 13.8. The fourth-order valence-electron chi connectivity index (χ4n) is 2.38. The van der Waals surface area contributed by atoms with Gasteiger partial charge < -0.3 is 10.6 Å². The lowest BCUT2D eigenvalue weighted by atomic mass is 9.75. The third-order valence-electron chi connectivity index (χ3n) is 3.79. The lowest BCUT2D eigenvalue weighted by Crippen LogP contribution is -2.48. The van der Waals surface area contributed by atoms with Gasteiger partial charge in [-0.3, -0.25) is 4.79 Å². The van der Waals surface area contributed by atoms with Crippen LogP contribution in [0.3, 0.4) is 0 Å². The van der Waals surface area contributed by atoms with Crippen LogP contribution in [0.1, 0.15) is 47.0 Å². The van der Waals surface area contributed by atoms with Crippen molar-refractivity contribution in [3.63, 3.8) is 0 Å². The number of rotatable bonds is 2. The average molecular weight is 226 g/mol. The van der Waals surface area contributed by atoms with Crippen LogP contribution >= 0.6 is 0 Å². The molecule has 1 atom stereocenters. The molecule has 2 N–H and O–H groups in total. The van der Waals surface area contributed by atoms with Gasteiger partial charge in [0.25, 0.3) is 0 Å². The first-order valence-corrected chi connectivity index (χ1v) is 6.40. The predicted molar refractivity (Wildman–Crippen MR) is 67.0 cm³/mol. The Morgan fingerprint density at radius 2 is 1.88 bits per heavy atom. The van der Waals surface area contributed by atoms with Crippen molar-refractivity contribution >= 4 is 5.91 Å². The SMILES string of the molecule is CC[C@@H](N)C(=O)N1CCC(C(C)(C)C)CC1. The molecular weight excluding hydrogens is 200 g/mol. The number of carbonyl (C=O) groups excluding carboxylic acids is 1. The van der Waals surface area contributed by atoms with E-state index in [9.17, 15) is 4.79 Å². The zero-order valence-electron chi connectivity index (χ0n) is 11.1. The molecule has 1 heterocycles. The summed E-state index contributed by atoms with van der Waals surface area (Å²) in [6.45, 7) is 10.6. The smallest absolute Gasteiger partial charge is 0.239 e. The molecule has 1 fully saturated rings. The van der Waals surface area contributed by atoms with Crippen LogP contribution in [0.5, 0.6) is 0 Å². The van der Waals surface area contributed by atoms with Gasteiger partial charge in [-0.15, -0.1) is 0 Å². The maximum Gasteiger partial charge on any atom is 0.239 e. The second-order valence-corrected chi connectivity index (χ2v) is 5.98. The van der Waals surface area contributed by atoms with Crippen LogP contribution in [0.15, 0.2) is 0 Å². The van der Waals surface area contributed by atoms with Crippen molar-refractivity contribution < 1.29 is 4.79 Å². The second-order valence-electron chi connectivity index (χ2n) is 5.98. The Kier molecular flexibility index (Phi) is 4.36. The van der Waals surface area contributed by atoms with Crippen molar-refractivity contribution in [3.05, 3.63) is 0 Å². The standard InChI is InChI=1S/C13H26N2O/c1-5-11(14)12(16)15-8-6-10(7-9-15)13(2,3)4/h10-11H,5-9,14H2,1-4H3/t11-/m1/s1. The Labute approximate surface area is 99.4 Å². The van der Waals surface area contributed by atoms with Gasteiger partial charge in [-0.05, 0) is 30.6 Å². The van der Waals surface area contributed by atoms with Gasteiger partial charge in [0.2, 0.25) is 5.91 Å². The molecule has 1 amide bonds. The molecule has 0 aromatic carbocycles. The summed E-state index contributed by atoms with van der Waals surface area (Å²) < 4.78 is 0. The fourth-order valence-corrected chi connectivity index (χ4v) is 2.38. The molecule has 1 aliphatic heterocycles. The normalized spacial score (nSPS) is 20.9. The molecule has 0 saturated carbocycles. The molecule has 0 aromatic rings. The van der Waals surface area contributed by atoms with E-state index in [1.165, 1.54) is 0 Å². The van der Waals surface area contributed by atoms with Gasteiger partial charge in [0.05, 0.1) is 6.04 Å². The molecular formula is C13H26N2O. The van der Waals surface area contributed by atoms with E-state index in [0.29, 0.717) is 5.41 Å². The Bertz CT molecular complexity index is 237. The summed E-state index contributed by atoms with van der Waals surface area (Å²) in [6, 6.07) is -0.300. The summed E-state index contributed by atoms with van der Waals surface area (Å²) in [7, 11) is 0. The highest BCUT2D eigenvalue weighted by Crippen LogP contribution is 2.34. The van der Waals surface area contributed by atoms with E-state index in [1.54, 1.807) is 0 Å². The molecule has 0 bridgehead atoms. The minimum Gasteiger partial charge on any atom is -0.341 e. The summed E-state index contributed by atoms with van der Waals surface area (Å²) in [5, 5.41) is 0. The number of amides is 1. The van der Waals surface area contributed by atoms with E-state index < -0.39 is 0 Å². The van der Waals surface area contributed by atoms with Crippen molar-refractivity contribution in [2.75, 3.05) is 13.1 Å². The number of hydrogen-bond donors (Lipinski definition) is 1. The molecule has 0 aliphatic carbocycles. The maximum atomic E-state index is 11.9. The predicted octanol–water partition coefficient (Wildman–Crippen LogP) is 2.01. The first-order valence-electron chi connectivity index (χ1n) is 6.40. The molecule has 16 heavy (non-hydrogen) atoms. The molecule has 0 unspecified atom stereocenters. The Morgan fingerprint density at radius 3 is 2.25 bits per heavy atom. The molecule has 3 nitrogen and oxygen atoms in total. The van der Waals surface area contributed by atoms with Gasteiger partial charge in [0.1, 0.15) is 0 Å². The largest absolute Gasteiger partial charge is 0.341 e. The number of hydrogen-bond acceptors (Lipinski definition) is 2. The van der Waals surface area contributed by atoms with Gasteiger partial charge in [0, 0.05) is 13.1 Å². The lowest BCUT2D eigenvalue weighted by Gasteiger charge is -2.39.